The Morgan fingerprint density at radius 1 is 1.24 bits per heavy atom. The Morgan fingerprint density at radius 3 is 2.57 bits per heavy atom. The molecule has 0 radical (unpaired) electrons. The molecule has 5 nitrogen and oxygen atoms in total. The van der Waals surface area contributed by atoms with Crippen molar-refractivity contribution in [2.45, 2.75) is 38.3 Å². The summed E-state index contributed by atoms with van der Waals surface area (Å²) in [5, 5.41) is 5.81. The van der Waals surface area contributed by atoms with Crippen LogP contribution in [0.5, 0.6) is 5.75 Å². The SMILES string of the molecule is COc1ccccc1CNC(=O)C1(C(=O)NC2CC2)CC1. The second kappa shape index (κ2) is 5.39. The second-order valence-corrected chi connectivity index (χ2v) is 5.82. The van der Waals surface area contributed by atoms with E-state index in [1.807, 2.05) is 24.3 Å². The number of carbonyl (C=O) groups excluding carboxylic acids is 2. The van der Waals surface area contributed by atoms with Crippen LogP contribution in [0.2, 0.25) is 0 Å². The predicted molar refractivity (Wildman–Crippen MR) is 77.7 cm³/mol. The highest BCUT2D eigenvalue weighted by Gasteiger charge is 2.57. The summed E-state index contributed by atoms with van der Waals surface area (Å²) >= 11 is 0. The fraction of sp³-hybridized carbons (Fsp3) is 0.500. The molecule has 2 saturated carbocycles. The lowest BCUT2D eigenvalue weighted by atomic mass is 10.0. The van der Waals surface area contributed by atoms with Gasteiger partial charge in [0.25, 0.3) is 0 Å². The van der Waals surface area contributed by atoms with E-state index in [9.17, 15) is 9.59 Å². The van der Waals surface area contributed by atoms with Crippen molar-refractivity contribution in [3.63, 3.8) is 0 Å². The number of hydrogen-bond acceptors (Lipinski definition) is 3. The zero-order valence-electron chi connectivity index (χ0n) is 12.1. The summed E-state index contributed by atoms with van der Waals surface area (Å²) in [6, 6.07) is 7.83. The van der Waals surface area contributed by atoms with Gasteiger partial charge in [-0.1, -0.05) is 18.2 Å². The smallest absolute Gasteiger partial charge is 0.235 e. The van der Waals surface area contributed by atoms with E-state index in [4.69, 9.17) is 4.74 Å². The Bertz CT molecular complexity index is 562. The zero-order valence-corrected chi connectivity index (χ0v) is 12.1. The lowest BCUT2D eigenvalue weighted by molar-refractivity contribution is -0.137. The van der Waals surface area contributed by atoms with Crippen molar-refractivity contribution < 1.29 is 14.3 Å². The van der Waals surface area contributed by atoms with Crippen LogP contribution in [-0.4, -0.2) is 25.0 Å². The van der Waals surface area contributed by atoms with Gasteiger partial charge in [0.2, 0.25) is 11.8 Å². The standard InChI is InChI=1S/C16H20N2O3/c1-21-13-5-3-2-4-11(13)10-17-14(19)16(8-9-16)15(20)18-12-6-7-12/h2-5,12H,6-10H2,1H3,(H,17,19)(H,18,20). The third kappa shape index (κ3) is 2.86. The molecule has 21 heavy (non-hydrogen) atoms. The molecule has 0 aliphatic heterocycles. The maximum Gasteiger partial charge on any atom is 0.235 e. The normalized spacial score (nSPS) is 18.7. The van der Waals surface area contributed by atoms with E-state index in [2.05, 4.69) is 10.6 Å². The van der Waals surface area contributed by atoms with E-state index in [0.717, 1.165) is 24.2 Å². The zero-order chi connectivity index (χ0) is 14.9. The molecule has 5 heteroatoms. The van der Waals surface area contributed by atoms with Crippen LogP contribution in [0.4, 0.5) is 0 Å². The van der Waals surface area contributed by atoms with Crippen molar-refractivity contribution >= 4 is 11.8 Å². The average molecular weight is 288 g/mol. The first-order chi connectivity index (χ1) is 10.2. The fourth-order valence-corrected chi connectivity index (χ4v) is 2.43. The molecule has 2 fully saturated rings. The van der Waals surface area contributed by atoms with Crippen LogP contribution in [0.15, 0.2) is 24.3 Å². The minimum atomic E-state index is -0.829. The monoisotopic (exact) mass is 288 g/mol. The topological polar surface area (TPSA) is 67.4 Å². The highest BCUT2D eigenvalue weighted by Crippen LogP contribution is 2.46. The number of carbonyl (C=O) groups is 2. The number of hydrogen-bond donors (Lipinski definition) is 2. The van der Waals surface area contributed by atoms with E-state index < -0.39 is 5.41 Å². The number of benzene rings is 1. The van der Waals surface area contributed by atoms with Gasteiger partial charge in [0.1, 0.15) is 11.2 Å². The molecular formula is C16H20N2O3. The summed E-state index contributed by atoms with van der Waals surface area (Å²) < 4.78 is 5.26. The highest BCUT2D eigenvalue weighted by molar-refractivity contribution is 6.08. The molecule has 2 N–H and O–H groups in total. The quantitative estimate of drug-likeness (QED) is 0.777. The molecule has 112 valence electrons. The number of rotatable bonds is 6. The van der Waals surface area contributed by atoms with Gasteiger partial charge in [0.05, 0.1) is 7.11 Å². The van der Waals surface area contributed by atoms with Gasteiger partial charge < -0.3 is 15.4 Å². The van der Waals surface area contributed by atoms with Crippen LogP contribution in [0.3, 0.4) is 0 Å². The first-order valence-corrected chi connectivity index (χ1v) is 7.37. The van der Waals surface area contributed by atoms with E-state index in [-0.39, 0.29) is 17.9 Å². The van der Waals surface area contributed by atoms with E-state index in [0.29, 0.717) is 19.4 Å². The lowest BCUT2D eigenvalue weighted by Crippen LogP contribution is -2.43. The Labute approximate surface area is 124 Å². The number of nitrogens with one attached hydrogen (secondary N) is 2. The summed E-state index contributed by atoms with van der Waals surface area (Å²) in [4.78, 5) is 24.5. The molecule has 0 spiro atoms. The Balaban J connectivity index is 1.59. The summed E-state index contributed by atoms with van der Waals surface area (Å²) in [7, 11) is 1.60. The van der Waals surface area contributed by atoms with Crippen LogP contribution in [-0.2, 0) is 16.1 Å². The Morgan fingerprint density at radius 2 is 1.95 bits per heavy atom. The molecule has 1 aromatic rings. The van der Waals surface area contributed by atoms with E-state index >= 15 is 0 Å². The molecule has 0 atom stereocenters. The summed E-state index contributed by atoms with van der Waals surface area (Å²) in [6.45, 7) is 0.376. The maximum atomic E-state index is 12.3. The molecule has 2 aliphatic carbocycles. The predicted octanol–water partition coefficient (Wildman–Crippen LogP) is 1.37. The molecule has 3 rings (SSSR count). The summed E-state index contributed by atoms with van der Waals surface area (Å²) in [5.74, 6) is 0.458. The Hall–Kier alpha value is -2.04. The minimum Gasteiger partial charge on any atom is -0.496 e. The van der Waals surface area contributed by atoms with Crippen molar-refractivity contribution in [1.82, 2.24) is 10.6 Å². The fourth-order valence-electron chi connectivity index (χ4n) is 2.43. The second-order valence-electron chi connectivity index (χ2n) is 5.82. The van der Waals surface area contributed by atoms with Crippen molar-refractivity contribution in [2.24, 2.45) is 5.41 Å². The molecule has 0 unspecified atom stereocenters. The van der Waals surface area contributed by atoms with Crippen LogP contribution in [0.1, 0.15) is 31.2 Å². The average Bonchev–Trinajstić information content (AvgIpc) is 3.38. The third-order valence-corrected chi connectivity index (χ3v) is 4.16. The molecule has 0 saturated heterocycles. The van der Waals surface area contributed by atoms with E-state index in [1.165, 1.54) is 0 Å². The molecule has 1 aromatic carbocycles. The molecular weight excluding hydrogens is 268 g/mol. The van der Waals surface area contributed by atoms with Gasteiger partial charge >= 0.3 is 0 Å². The minimum absolute atomic E-state index is 0.109. The van der Waals surface area contributed by atoms with Gasteiger partial charge in [-0.05, 0) is 31.7 Å². The van der Waals surface area contributed by atoms with Gasteiger partial charge in [0, 0.05) is 18.2 Å². The number of para-hydroxylation sites is 1. The summed E-state index contributed by atoms with van der Waals surface area (Å²) in [5.41, 5.74) is 0.0803. The van der Waals surface area contributed by atoms with Crippen LogP contribution in [0, 0.1) is 5.41 Å². The molecule has 0 bridgehead atoms. The number of ether oxygens (including phenoxy) is 1. The number of methoxy groups -OCH3 is 1. The molecule has 2 amide bonds. The van der Waals surface area contributed by atoms with Crippen molar-refractivity contribution in [3.8, 4) is 5.75 Å². The van der Waals surface area contributed by atoms with Crippen LogP contribution >= 0.6 is 0 Å². The van der Waals surface area contributed by atoms with E-state index in [1.54, 1.807) is 7.11 Å². The van der Waals surface area contributed by atoms with Gasteiger partial charge in [0.15, 0.2) is 0 Å². The van der Waals surface area contributed by atoms with Crippen molar-refractivity contribution in [3.05, 3.63) is 29.8 Å². The van der Waals surface area contributed by atoms with Crippen LogP contribution < -0.4 is 15.4 Å². The van der Waals surface area contributed by atoms with Crippen LogP contribution in [0.25, 0.3) is 0 Å². The van der Waals surface area contributed by atoms with Gasteiger partial charge in [-0.15, -0.1) is 0 Å². The molecule has 2 aliphatic rings. The molecule has 0 heterocycles. The summed E-state index contributed by atoms with van der Waals surface area (Å²) in [6.07, 6.45) is 3.35. The Kier molecular flexibility index (Phi) is 3.57. The maximum absolute atomic E-state index is 12.3. The molecule has 0 aromatic heterocycles. The van der Waals surface area contributed by atoms with Gasteiger partial charge in [-0.2, -0.15) is 0 Å². The lowest BCUT2D eigenvalue weighted by Gasteiger charge is -2.16. The van der Waals surface area contributed by atoms with Gasteiger partial charge in [-0.25, -0.2) is 0 Å². The first-order valence-electron chi connectivity index (χ1n) is 7.37. The largest absolute Gasteiger partial charge is 0.496 e. The van der Waals surface area contributed by atoms with Gasteiger partial charge in [-0.3, -0.25) is 9.59 Å². The highest BCUT2D eigenvalue weighted by atomic mass is 16.5. The van der Waals surface area contributed by atoms with Crippen molar-refractivity contribution in [2.75, 3.05) is 7.11 Å². The van der Waals surface area contributed by atoms with Crippen molar-refractivity contribution in [1.29, 1.82) is 0 Å². The number of amides is 2. The first kappa shape index (κ1) is 13.9. The third-order valence-electron chi connectivity index (χ3n) is 4.16.